The molecule has 1 heterocycles. The number of carbonyl (C=O) groups is 1. The van der Waals surface area contributed by atoms with E-state index in [9.17, 15) is 4.79 Å². The van der Waals surface area contributed by atoms with Crippen LogP contribution in [0.2, 0.25) is 0 Å². The smallest absolute Gasteiger partial charge is 0.264 e. The molecule has 0 bridgehead atoms. The van der Waals surface area contributed by atoms with E-state index in [1.165, 1.54) is 0 Å². The summed E-state index contributed by atoms with van der Waals surface area (Å²) < 4.78 is 5.39. The molecular weight excluding hydrogens is 290 g/mol. The van der Waals surface area contributed by atoms with Crippen molar-refractivity contribution < 1.29 is 9.53 Å². The van der Waals surface area contributed by atoms with Crippen LogP contribution in [0.25, 0.3) is 11.3 Å². The second kappa shape index (κ2) is 7.17. The highest BCUT2D eigenvalue weighted by atomic mass is 16.5. The molecule has 0 saturated heterocycles. The van der Waals surface area contributed by atoms with Gasteiger partial charge in [0.1, 0.15) is 5.75 Å². The minimum absolute atomic E-state index is 0.0943. The predicted molar refractivity (Wildman–Crippen MR) is 88.0 cm³/mol. The predicted octanol–water partition coefficient (Wildman–Crippen LogP) is 3.16. The first-order chi connectivity index (χ1) is 11.3. The third kappa shape index (κ3) is 4.14. The van der Waals surface area contributed by atoms with E-state index in [1.807, 2.05) is 48.5 Å². The van der Waals surface area contributed by atoms with Crippen LogP contribution in [0.1, 0.15) is 0 Å². The van der Waals surface area contributed by atoms with E-state index in [1.54, 1.807) is 24.4 Å². The molecule has 5 nitrogen and oxygen atoms in total. The van der Waals surface area contributed by atoms with Crippen LogP contribution in [-0.4, -0.2) is 22.5 Å². The zero-order valence-electron chi connectivity index (χ0n) is 12.3. The lowest BCUT2D eigenvalue weighted by atomic mass is 10.1. The fourth-order valence-corrected chi connectivity index (χ4v) is 2.01. The van der Waals surface area contributed by atoms with Crippen molar-refractivity contribution in [2.45, 2.75) is 0 Å². The van der Waals surface area contributed by atoms with E-state index in [0.29, 0.717) is 5.75 Å². The average molecular weight is 305 g/mol. The van der Waals surface area contributed by atoms with Gasteiger partial charge in [0.2, 0.25) is 5.95 Å². The summed E-state index contributed by atoms with van der Waals surface area (Å²) in [4.78, 5) is 20.3. The summed E-state index contributed by atoms with van der Waals surface area (Å²) in [5.41, 5.74) is 1.71. The second-order valence-corrected chi connectivity index (χ2v) is 4.78. The summed E-state index contributed by atoms with van der Waals surface area (Å²) in [6, 6.07) is 20.7. The highest BCUT2D eigenvalue weighted by Crippen LogP contribution is 2.16. The van der Waals surface area contributed by atoms with Crippen molar-refractivity contribution in [3.63, 3.8) is 0 Å². The van der Waals surface area contributed by atoms with Crippen molar-refractivity contribution in [2.75, 3.05) is 11.9 Å². The standard InChI is InChI=1S/C18H15N3O2/c22-17(13-23-15-9-5-2-6-10-15)21-18-19-12-11-16(20-18)14-7-3-1-4-8-14/h1-12H,13H2,(H,19,20,21,22). The lowest BCUT2D eigenvalue weighted by Crippen LogP contribution is -2.21. The molecule has 23 heavy (non-hydrogen) atoms. The zero-order chi connectivity index (χ0) is 15.9. The van der Waals surface area contributed by atoms with E-state index in [4.69, 9.17) is 4.74 Å². The molecule has 0 unspecified atom stereocenters. The van der Waals surface area contributed by atoms with Crippen molar-refractivity contribution in [3.8, 4) is 17.0 Å². The van der Waals surface area contributed by atoms with Crippen LogP contribution in [-0.2, 0) is 4.79 Å². The number of hydrogen-bond acceptors (Lipinski definition) is 4. The molecule has 2 aromatic carbocycles. The van der Waals surface area contributed by atoms with E-state index >= 15 is 0 Å². The monoisotopic (exact) mass is 305 g/mol. The Morgan fingerprint density at radius 3 is 2.39 bits per heavy atom. The van der Waals surface area contributed by atoms with Gasteiger partial charge in [-0.3, -0.25) is 10.1 Å². The van der Waals surface area contributed by atoms with Crippen molar-refractivity contribution >= 4 is 11.9 Å². The van der Waals surface area contributed by atoms with Crippen molar-refractivity contribution in [1.82, 2.24) is 9.97 Å². The maximum atomic E-state index is 11.9. The van der Waals surface area contributed by atoms with Gasteiger partial charge in [0.05, 0.1) is 5.69 Å². The third-order valence-corrected chi connectivity index (χ3v) is 3.09. The third-order valence-electron chi connectivity index (χ3n) is 3.09. The molecule has 114 valence electrons. The molecule has 0 aliphatic carbocycles. The maximum Gasteiger partial charge on any atom is 0.264 e. The average Bonchev–Trinajstić information content (AvgIpc) is 2.62. The minimum Gasteiger partial charge on any atom is -0.484 e. The Balaban J connectivity index is 1.63. The number of rotatable bonds is 5. The summed E-state index contributed by atoms with van der Waals surface area (Å²) in [5.74, 6) is 0.591. The summed E-state index contributed by atoms with van der Waals surface area (Å²) in [5, 5.41) is 2.64. The van der Waals surface area contributed by atoms with Gasteiger partial charge in [-0.15, -0.1) is 0 Å². The lowest BCUT2D eigenvalue weighted by Gasteiger charge is -2.07. The van der Waals surface area contributed by atoms with Crippen LogP contribution in [0.15, 0.2) is 72.9 Å². The number of hydrogen-bond donors (Lipinski definition) is 1. The molecule has 0 atom stereocenters. The summed E-state index contributed by atoms with van der Waals surface area (Å²) >= 11 is 0. The normalized spacial score (nSPS) is 10.1. The topological polar surface area (TPSA) is 64.1 Å². The van der Waals surface area contributed by atoms with Crippen LogP contribution in [0.4, 0.5) is 5.95 Å². The van der Waals surface area contributed by atoms with Crippen molar-refractivity contribution in [2.24, 2.45) is 0 Å². The Labute approximate surface area is 134 Å². The van der Waals surface area contributed by atoms with Gasteiger partial charge in [-0.1, -0.05) is 48.5 Å². The van der Waals surface area contributed by atoms with Crippen LogP contribution in [0, 0.1) is 0 Å². The second-order valence-electron chi connectivity index (χ2n) is 4.78. The van der Waals surface area contributed by atoms with Crippen LogP contribution in [0.5, 0.6) is 5.75 Å². The van der Waals surface area contributed by atoms with Gasteiger partial charge >= 0.3 is 0 Å². The van der Waals surface area contributed by atoms with E-state index < -0.39 is 0 Å². The van der Waals surface area contributed by atoms with Gasteiger partial charge in [0.15, 0.2) is 6.61 Å². The number of aromatic nitrogens is 2. The van der Waals surface area contributed by atoms with Gasteiger partial charge in [0.25, 0.3) is 5.91 Å². The number of nitrogens with one attached hydrogen (secondary N) is 1. The number of para-hydroxylation sites is 1. The Morgan fingerprint density at radius 2 is 1.65 bits per heavy atom. The number of carbonyl (C=O) groups excluding carboxylic acids is 1. The van der Waals surface area contributed by atoms with E-state index in [0.717, 1.165) is 11.3 Å². The lowest BCUT2D eigenvalue weighted by molar-refractivity contribution is -0.118. The molecule has 0 aliphatic rings. The zero-order valence-corrected chi connectivity index (χ0v) is 12.3. The molecule has 0 spiro atoms. The molecule has 3 rings (SSSR count). The Kier molecular flexibility index (Phi) is 4.59. The molecule has 1 N–H and O–H groups in total. The number of amides is 1. The first kappa shape index (κ1) is 14.7. The van der Waals surface area contributed by atoms with E-state index in [2.05, 4.69) is 15.3 Å². The number of benzene rings is 2. The van der Waals surface area contributed by atoms with Crippen LogP contribution in [0.3, 0.4) is 0 Å². The number of nitrogens with zero attached hydrogens (tertiary/aromatic N) is 2. The Hall–Kier alpha value is -3.21. The Bertz CT molecular complexity index is 777. The molecule has 3 aromatic rings. The van der Waals surface area contributed by atoms with Gasteiger partial charge in [-0.2, -0.15) is 0 Å². The molecule has 1 aromatic heterocycles. The van der Waals surface area contributed by atoms with Crippen molar-refractivity contribution in [3.05, 3.63) is 72.9 Å². The highest BCUT2D eigenvalue weighted by molar-refractivity contribution is 5.90. The number of ether oxygens (including phenoxy) is 1. The van der Waals surface area contributed by atoms with Gasteiger partial charge in [0, 0.05) is 11.8 Å². The molecule has 1 amide bonds. The van der Waals surface area contributed by atoms with Crippen molar-refractivity contribution in [1.29, 1.82) is 0 Å². The largest absolute Gasteiger partial charge is 0.484 e. The fraction of sp³-hybridized carbons (Fsp3) is 0.0556. The quantitative estimate of drug-likeness (QED) is 0.786. The first-order valence-electron chi connectivity index (χ1n) is 7.17. The van der Waals surface area contributed by atoms with Gasteiger partial charge in [-0.05, 0) is 18.2 Å². The fourth-order valence-electron chi connectivity index (χ4n) is 2.01. The van der Waals surface area contributed by atoms with E-state index in [-0.39, 0.29) is 18.5 Å². The molecule has 0 aliphatic heterocycles. The first-order valence-corrected chi connectivity index (χ1v) is 7.17. The van der Waals surface area contributed by atoms with Crippen LogP contribution >= 0.6 is 0 Å². The van der Waals surface area contributed by atoms with Gasteiger partial charge < -0.3 is 4.74 Å². The van der Waals surface area contributed by atoms with Gasteiger partial charge in [-0.25, -0.2) is 9.97 Å². The number of anilines is 1. The summed E-state index contributed by atoms with van der Waals surface area (Å²) in [6.07, 6.45) is 1.61. The molecule has 0 saturated carbocycles. The molecular formula is C18H15N3O2. The van der Waals surface area contributed by atoms with Crippen LogP contribution < -0.4 is 10.1 Å². The maximum absolute atomic E-state index is 11.9. The SMILES string of the molecule is O=C(COc1ccccc1)Nc1nccc(-c2ccccc2)n1. The molecule has 0 radical (unpaired) electrons. The minimum atomic E-state index is -0.306. The summed E-state index contributed by atoms with van der Waals surface area (Å²) in [6.45, 7) is -0.0943. The molecule has 0 fully saturated rings. The Morgan fingerprint density at radius 1 is 0.957 bits per heavy atom. The highest BCUT2D eigenvalue weighted by Gasteiger charge is 2.07. The summed E-state index contributed by atoms with van der Waals surface area (Å²) in [7, 11) is 0. The molecule has 5 heteroatoms.